The van der Waals surface area contributed by atoms with E-state index >= 15 is 0 Å². The number of piperidine rings is 1. The number of anilines is 1. The second kappa shape index (κ2) is 10.4. The summed E-state index contributed by atoms with van der Waals surface area (Å²) < 4.78 is 28.2. The molecule has 178 valence electrons. The molecule has 2 aliphatic rings. The predicted octanol–water partition coefficient (Wildman–Crippen LogP) is 4.25. The topological polar surface area (TPSA) is 86.8 Å². The van der Waals surface area contributed by atoms with Gasteiger partial charge in [0, 0.05) is 25.3 Å². The van der Waals surface area contributed by atoms with Crippen molar-refractivity contribution in [1.29, 1.82) is 0 Å². The number of sulfonamides is 1. The highest BCUT2D eigenvalue weighted by molar-refractivity contribution is 7.89. The third kappa shape index (κ3) is 5.31. The van der Waals surface area contributed by atoms with Gasteiger partial charge < -0.3 is 10.2 Å². The molecule has 0 saturated carbocycles. The van der Waals surface area contributed by atoms with Crippen molar-refractivity contribution in [3.63, 3.8) is 0 Å². The van der Waals surface area contributed by atoms with Crippen LogP contribution in [0.1, 0.15) is 60.2 Å². The maximum Gasteiger partial charge on any atom is 0.264 e. The van der Waals surface area contributed by atoms with Crippen LogP contribution in [0.2, 0.25) is 0 Å². The second-order valence-electron chi connectivity index (χ2n) is 8.78. The van der Waals surface area contributed by atoms with Crippen LogP contribution < -0.4 is 5.32 Å². The van der Waals surface area contributed by atoms with Crippen LogP contribution in [0.5, 0.6) is 0 Å². The molecule has 0 spiro atoms. The van der Waals surface area contributed by atoms with Gasteiger partial charge in [0.1, 0.15) is 6.04 Å². The number of aryl methyl sites for hydroxylation is 1. The van der Waals surface area contributed by atoms with Crippen LogP contribution in [0.4, 0.5) is 5.69 Å². The van der Waals surface area contributed by atoms with Crippen LogP contribution >= 0.6 is 11.3 Å². The molecule has 2 aliphatic heterocycles. The number of carbonyl (C=O) groups is 2. The number of hydrogen-bond acceptors (Lipinski definition) is 5. The van der Waals surface area contributed by atoms with E-state index < -0.39 is 16.1 Å². The van der Waals surface area contributed by atoms with E-state index in [4.69, 9.17) is 0 Å². The number of thiophene rings is 1. The number of hydrogen-bond donors (Lipinski definition) is 1. The van der Waals surface area contributed by atoms with Gasteiger partial charge in [0.2, 0.25) is 15.9 Å². The Balaban J connectivity index is 1.53. The maximum absolute atomic E-state index is 13.3. The Hall–Kier alpha value is -2.23. The number of rotatable bonds is 5. The highest BCUT2D eigenvalue weighted by Crippen LogP contribution is 2.27. The lowest BCUT2D eigenvalue weighted by Gasteiger charge is -2.34. The van der Waals surface area contributed by atoms with Crippen LogP contribution in [0, 0.1) is 6.92 Å². The molecule has 4 rings (SSSR count). The van der Waals surface area contributed by atoms with Gasteiger partial charge >= 0.3 is 0 Å². The number of nitrogens with one attached hydrogen (secondary N) is 1. The van der Waals surface area contributed by atoms with Gasteiger partial charge in [0.25, 0.3) is 5.91 Å². The third-order valence-corrected chi connectivity index (χ3v) is 9.34. The lowest BCUT2D eigenvalue weighted by Crippen LogP contribution is -2.49. The lowest BCUT2D eigenvalue weighted by molar-refractivity contribution is -0.121. The number of benzene rings is 1. The molecule has 1 N–H and O–H groups in total. The normalized spacial score (nSPS) is 20.3. The van der Waals surface area contributed by atoms with Crippen LogP contribution in [-0.2, 0) is 14.8 Å². The van der Waals surface area contributed by atoms with E-state index in [2.05, 4.69) is 5.32 Å². The van der Waals surface area contributed by atoms with Crippen molar-refractivity contribution in [2.24, 2.45) is 0 Å². The fraction of sp³-hybridized carbons (Fsp3) is 0.500. The van der Waals surface area contributed by atoms with Gasteiger partial charge in [-0.3, -0.25) is 9.59 Å². The quantitative estimate of drug-likeness (QED) is 0.680. The summed E-state index contributed by atoms with van der Waals surface area (Å²) in [6, 6.07) is 8.05. The van der Waals surface area contributed by atoms with Gasteiger partial charge in [-0.25, -0.2) is 8.42 Å². The fourth-order valence-electron chi connectivity index (χ4n) is 4.59. The van der Waals surface area contributed by atoms with Gasteiger partial charge in [0.05, 0.1) is 9.77 Å². The summed E-state index contributed by atoms with van der Waals surface area (Å²) >= 11 is 1.37. The summed E-state index contributed by atoms with van der Waals surface area (Å²) in [7, 11) is -3.63. The standard InChI is InChI=1S/C24H31N3O4S2/c1-18-11-12-19(17-22(18)33(30,31)26-13-5-2-3-6-14-26)25-23(28)20-9-4-7-15-27(20)24(29)21-10-8-16-32-21/h8,10-12,16-17,20H,2-7,9,13-15H2,1H3,(H,25,28)/t20-/m0/s1. The molecule has 2 aromatic rings. The summed E-state index contributed by atoms with van der Waals surface area (Å²) in [5.74, 6) is -0.403. The molecule has 2 amide bonds. The Morgan fingerprint density at radius 2 is 1.73 bits per heavy atom. The molecule has 2 saturated heterocycles. The van der Waals surface area contributed by atoms with Gasteiger partial charge in [-0.15, -0.1) is 11.3 Å². The Kier molecular flexibility index (Phi) is 7.51. The monoisotopic (exact) mass is 489 g/mol. The number of amides is 2. The van der Waals surface area contributed by atoms with Gasteiger partial charge in [-0.2, -0.15) is 4.31 Å². The molecule has 33 heavy (non-hydrogen) atoms. The zero-order valence-corrected chi connectivity index (χ0v) is 20.6. The second-order valence-corrected chi connectivity index (χ2v) is 11.6. The first-order valence-corrected chi connectivity index (χ1v) is 14.0. The summed E-state index contributed by atoms with van der Waals surface area (Å²) in [5.41, 5.74) is 1.09. The molecule has 1 aromatic heterocycles. The molecule has 7 nitrogen and oxygen atoms in total. The Labute approximate surface area is 199 Å². The average Bonchev–Trinajstić information content (AvgIpc) is 3.21. The first-order chi connectivity index (χ1) is 15.9. The van der Waals surface area contributed by atoms with Gasteiger partial charge in [-0.1, -0.05) is 25.0 Å². The van der Waals surface area contributed by atoms with Crippen molar-refractivity contribution in [2.45, 2.75) is 62.8 Å². The van der Waals surface area contributed by atoms with E-state index in [1.807, 2.05) is 11.4 Å². The molecule has 9 heteroatoms. The molecule has 0 bridgehead atoms. The van der Waals surface area contributed by atoms with Crippen LogP contribution in [0.25, 0.3) is 0 Å². The minimum Gasteiger partial charge on any atom is -0.326 e. The number of carbonyl (C=O) groups excluding carboxylic acids is 2. The first kappa shape index (κ1) is 23.9. The summed E-state index contributed by atoms with van der Waals surface area (Å²) in [5, 5.41) is 4.74. The van der Waals surface area contributed by atoms with E-state index in [0.29, 0.717) is 42.2 Å². The van der Waals surface area contributed by atoms with E-state index in [9.17, 15) is 18.0 Å². The average molecular weight is 490 g/mol. The molecule has 0 unspecified atom stereocenters. The van der Waals surface area contributed by atoms with Crippen molar-refractivity contribution < 1.29 is 18.0 Å². The largest absolute Gasteiger partial charge is 0.326 e. The smallest absolute Gasteiger partial charge is 0.264 e. The van der Waals surface area contributed by atoms with E-state index in [0.717, 1.165) is 38.5 Å². The fourth-order valence-corrected chi connectivity index (χ4v) is 7.04. The van der Waals surface area contributed by atoms with Crippen LogP contribution in [0.15, 0.2) is 40.6 Å². The molecular weight excluding hydrogens is 458 g/mol. The van der Waals surface area contributed by atoms with Crippen LogP contribution in [-0.4, -0.2) is 55.1 Å². The molecule has 1 aromatic carbocycles. The SMILES string of the molecule is Cc1ccc(NC(=O)[C@@H]2CCCCN2C(=O)c2cccs2)cc1S(=O)(=O)N1CCCCCC1. The highest BCUT2D eigenvalue weighted by Gasteiger charge is 2.33. The summed E-state index contributed by atoms with van der Waals surface area (Å²) in [6.07, 6.45) is 6.15. The summed E-state index contributed by atoms with van der Waals surface area (Å²) in [6.45, 7) is 3.37. The van der Waals surface area contributed by atoms with Crippen molar-refractivity contribution >= 4 is 38.9 Å². The van der Waals surface area contributed by atoms with Gasteiger partial charge in [-0.05, 0) is 68.2 Å². The maximum atomic E-state index is 13.3. The lowest BCUT2D eigenvalue weighted by atomic mass is 10.0. The molecule has 0 aliphatic carbocycles. The van der Waals surface area contributed by atoms with Crippen LogP contribution in [0.3, 0.4) is 0 Å². The van der Waals surface area contributed by atoms with Gasteiger partial charge in [0.15, 0.2) is 0 Å². The Morgan fingerprint density at radius 3 is 2.42 bits per heavy atom. The zero-order chi connectivity index (χ0) is 23.4. The molecule has 0 radical (unpaired) electrons. The Morgan fingerprint density at radius 1 is 1.00 bits per heavy atom. The molecule has 2 fully saturated rings. The predicted molar refractivity (Wildman–Crippen MR) is 130 cm³/mol. The van der Waals surface area contributed by atoms with E-state index in [1.54, 1.807) is 40.4 Å². The number of nitrogens with zero attached hydrogens (tertiary/aromatic N) is 2. The minimum absolute atomic E-state index is 0.127. The summed E-state index contributed by atoms with van der Waals surface area (Å²) in [4.78, 5) is 28.6. The molecular formula is C24H31N3O4S2. The van der Waals surface area contributed by atoms with Crippen molar-refractivity contribution in [2.75, 3.05) is 25.0 Å². The van der Waals surface area contributed by atoms with E-state index in [-0.39, 0.29) is 16.7 Å². The minimum atomic E-state index is -3.63. The van der Waals surface area contributed by atoms with Crippen molar-refractivity contribution in [3.05, 3.63) is 46.2 Å². The van der Waals surface area contributed by atoms with Crippen molar-refractivity contribution in [3.8, 4) is 0 Å². The van der Waals surface area contributed by atoms with Crippen molar-refractivity contribution in [1.82, 2.24) is 9.21 Å². The van der Waals surface area contributed by atoms with E-state index in [1.165, 1.54) is 11.3 Å². The molecule has 1 atom stereocenters. The number of likely N-dealkylation sites (tertiary alicyclic amines) is 1. The third-order valence-electron chi connectivity index (χ3n) is 6.44. The first-order valence-electron chi connectivity index (χ1n) is 11.6. The zero-order valence-electron chi connectivity index (χ0n) is 19.0. The Bertz CT molecular complexity index is 1090. The highest BCUT2D eigenvalue weighted by atomic mass is 32.2. The molecule has 3 heterocycles.